The van der Waals surface area contributed by atoms with Crippen LogP contribution in [0.1, 0.15) is 125 Å². The number of nitrogens with one attached hydrogen (secondary N) is 4. The molecule has 6 aromatic rings. The first-order chi connectivity index (χ1) is 37.7. The van der Waals surface area contributed by atoms with Crippen molar-refractivity contribution in [2.75, 3.05) is 56.6 Å². The fourth-order valence-electron chi connectivity index (χ4n) is 12.4. The van der Waals surface area contributed by atoms with Crippen LogP contribution >= 0.6 is 0 Å². The highest BCUT2D eigenvalue weighted by molar-refractivity contribution is 7.90. The number of hydrogen-bond donors (Lipinski definition) is 5. The highest BCUT2D eigenvalue weighted by Crippen LogP contribution is 2.54. The number of fused-ring (bicyclic) bond motifs is 1. The molecule has 16 nitrogen and oxygen atoms in total. The summed E-state index contributed by atoms with van der Waals surface area (Å²) in [5.41, 5.74) is 3.61. The molecule has 2 saturated carbocycles. The Bertz CT molecular complexity index is 3300. The number of sulfonamides is 1. The standard InChI is InChI=1S/C59H72F3N9O7S/c1-7-77-57-53(27-46-49(62)32-65-54(46)66-57)78-52-25-40(13-14-45(52)56(72)67-79(75,76)42-26-50(68(6)74)55(64-31-42)63-30-38-16-18-58(5,73)19-17-38)69-22-20-59(21-23-69)28-41(29-59)71-33-37(4)70(34-39-12-15-47(60)48(61)24-39)35-51(71)44-11-9-8-10-43(44)36(2)3/h8-15,24-27,31-32,36-38,41,51,68,73H,7,16-23,28-30,33-35H2,1-6H3,(H,63,64)(H,65,66)(H,67,72)/t37-,38-,51-,58-/m0/s1. The molecule has 2 saturated heterocycles. The number of piperidine rings is 1. The van der Waals surface area contributed by atoms with E-state index >= 15 is 4.39 Å². The second kappa shape index (κ2) is 22.7. The van der Waals surface area contributed by atoms with Crippen molar-refractivity contribution in [1.29, 1.82) is 0 Å². The highest BCUT2D eigenvalue weighted by atomic mass is 32.2. The molecule has 4 aliphatic rings. The molecule has 0 radical (unpaired) electrons. The number of ether oxygens (including phenoxy) is 2. The van der Waals surface area contributed by atoms with E-state index in [2.05, 4.69) is 84.7 Å². The summed E-state index contributed by atoms with van der Waals surface area (Å²) in [5.74, 6) is -2.51. The molecule has 2 aliphatic heterocycles. The van der Waals surface area contributed by atoms with Gasteiger partial charge in [0.25, 0.3) is 21.8 Å². The predicted octanol–water partition coefficient (Wildman–Crippen LogP) is 9.50. The summed E-state index contributed by atoms with van der Waals surface area (Å²) in [6.07, 6.45) is 9.00. The first-order valence-corrected chi connectivity index (χ1v) is 29.1. The van der Waals surface area contributed by atoms with Crippen molar-refractivity contribution in [2.24, 2.45) is 11.3 Å². The van der Waals surface area contributed by atoms with Gasteiger partial charge in [-0.15, -0.1) is 0 Å². The van der Waals surface area contributed by atoms with Crippen LogP contribution in [-0.4, -0.2) is 108 Å². The molecule has 20 heteroatoms. The summed E-state index contributed by atoms with van der Waals surface area (Å²) in [7, 11) is -3.31. The van der Waals surface area contributed by atoms with Crippen molar-refractivity contribution in [3.05, 3.63) is 130 Å². The molecule has 3 aromatic carbocycles. The van der Waals surface area contributed by atoms with E-state index in [-0.39, 0.29) is 75.5 Å². The average Bonchev–Trinajstić information content (AvgIpc) is 3.96. The molecule has 1 amide bonds. The van der Waals surface area contributed by atoms with Crippen LogP contribution in [-0.2, 0) is 16.6 Å². The topological polar surface area (TPSA) is 193 Å². The first-order valence-electron chi connectivity index (χ1n) is 27.6. The predicted molar refractivity (Wildman–Crippen MR) is 297 cm³/mol. The van der Waals surface area contributed by atoms with E-state index in [4.69, 9.17) is 9.47 Å². The summed E-state index contributed by atoms with van der Waals surface area (Å²) in [6, 6.07) is 21.0. The van der Waals surface area contributed by atoms with E-state index in [9.17, 15) is 32.3 Å². The van der Waals surface area contributed by atoms with E-state index < -0.39 is 48.9 Å². The zero-order valence-electron chi connectivity index (χ0n) is 45.8. The van der Waals surface area contributed by atoms with Gasteiger partial charge in [0.2, 0.25) is 0 Å². The van der Waals surface area contributed by atoms with Crippen molar-refractivity contribution in [1.82, 2.24) is 29.5 Å². The smallest absolute Gasteiger partial charge is 0.268 e. The Morgan fingerprint density at radius 3 is 2.42 bits per heavy atom. The largest absolute Gasteiger partial charge is 0.629 e. The molecule has 3 atom stereocenters. The SMILES string of the molecule is CCOc1nc2[nH]cc(F)c2cc1Oc1cc(N2CCC3(CC2)CC(N2C[C@H](C)N(Cc4ccc(F)c(F)c4)C[C@H]2c2ccccc2C(C)C)C3)ccc1C(=O)NS(=O)(=O)c1cnc(NC[C@H]2CC[C@](C)(O)CC2)c([NH+](C)[O-])c1. The van der Waals surface area contributed by atoms with Gasteiger partial charge in [-0.25, -0.2) is 31.3 Å². The number of amides is 1. The van der Waals surface area contributed by atoms with E-state index in [1.807, 2.05) is 6.92 Å². The Labute approximate surface area is 460 Å². The van der Waals surface area contributed by atoms with Gasteiger partial charge in [-0.3, -0.25) is 14.6 Å². The number of hydrogen-bond acceptors (Lipinski definition) is 13. The minimum absolute atomic E-state index is 0.00540. The molecule has 422 valence electrons. The lowest BCUT2D eigenvalue weighted by atomic mass is 9.59. The maximum absolute atomic E-state index is 15.0. The van der Waals surface area contributed by atoms with Crippen molar-refractivity contribution >= 4 is 44.2 Å². The number of rotatable bonds is 17. The van der Waals surface area contributed by atoms with Gasteiger partial charge in [-0.1, -0.05) is 44.2 Å². The number of aromatic nitrogens is 3. The summed E-state index contributed by atoms with van der Waals surface area (Å²) in [5, 5.41) is 26.2. The fourth-order valence-corrected chi connectivity index (χ4v) is 13.3. The quantitative estimate of drug-likeness (QED) is 0.0543. The lowest BCUT2D eigenvalue weighted by molar-refractivity contribution is -0.751. The summed E-state index contributed by atoms with van der Waals surface area (Å²) in [4.78, 5) is 32.8. The lowest BCUT2D eigenvalue weighted by Crippen LogP contribution is -2.98. The monoisotopic (exact) mass is 1110 g/mol. The number of hydroxylamine groups is 1. The van der Waals surface area contributed by atoms with Gasteiger partial charge >= 0.3 is 0 Å². The van der Waals surface area contributed by atoms with E-state index in [1.165, 1.54) is 54.7 Å². The third-order valence-electron chi connectivity index (χ3n) is 17.0. The molecule has 10 rings (SSSR count). The van der Waals surface area contributed by atoms with Crippen LogP contribution in [0.4, 0.5) is 30.4 Å². The minimum atomic E-state index is -4.62. The number of quaternary nitrogens is 1. The number of aromatic amines is 1. The molecule has 0 bridgehead atoms. The number of benzene rings is 3. The summed E-state index contributed by atoms with van der Waals surface area (Å²) in [6.45, 7) is 14.4. The maximum Gasteiger partial charge on any atom is 0.268 e. The van der Waals surface area contributed by atoms with Crippen LogP contribution in [0.15, 0.2) is 90.1 Å². The van der Waals surface area contributed by atoms with E-state index in [0.29, 0.717) is 51.0 Å². The van der Waals surface area contributed by atoms with Crippen molar-refractivity contribution < 1.29 is 46.0 Å². The van der Waals surface area contributed by atoms with Gasteiger partial charge in [0.1, 0.15) is 22.1 Å². The molecule has 5 heterocycles. The van der Waals surface area contributed by atoms with E-state index in [1.54, 1.807) is 25.1 Å². The number of nitrogens with zero attached hydrogens (tertiary/aromatic N) is 5. The van der Waals surface area contributed by atoms with Gasteiger partial charge in [-0.2, -0.15) is 4.98 Å². The molecule has 5 N–H and O–H groups in total. The number of pyridine rings is 2. The zero-order chi connectivity index (χ0) is 56.0. The zero-order valence-corrected chi connectivity index (χ0v) is 46.6. The summed E-state index contributed by atoms with van der Waals surface area (Å²) >= 11 is 0. The van der Waals surface area contributed by atoms with Crippen LogP contribution in [0.25, 0.3) is 11.0 Å². The maximum atomic E-state index is 15.0. The summed E-state index contributed by atoms with van der Waals surface area (Å²) < 4.78 is 85.9. The van der Waals surface area contributed by atoms with Crippen LogP contribution in [0.2, 0.25) is 0 Å². The van der Waals surface area contributed by atoms with Crippen LogP contribution in [0.3, 0.4) is 0 Å². The van der Waals surface area contributed by atoms with Crippen molar-refractivity contribution in [3.8, 4) is 17.4 Å². The Morgan fingerprint density at radius 2 is 1.71 bits per heavy atom. The lowest BCUT2D eigenvalue weighted by Gasteiger charge is -2.59. The van der Waals surface area contributed by atoms with Gasteiger partial charge < -0.3 is 40.1 Å². The number of carbonyl (C=O) groups excluding carboxylic acids is 1. The van der Waals surface area contributed by atoms with Crippen LogP contribution in [0, 0.1) is 34.0 Å². The Kier molecular flexibility index (Phi) is 16.1. The average molecular weight is 1110 g/mol. The molecule has 3 aromatic heterocycles. The molecular weight excluding hydrogens is 1040 g/mol. The second-order valence-electron chi connectivity index (χ2n) is 23.0. The van der Waals surface area contributed by atoms with Gasteiger partial charge in [-0.05, 0) is 130 Å². The number of carbonyl (C=O) groups is 1. The number of halogens is 3. The van der Waals surface area contributed by atoms with Crippen LogP contribution in [0.5, 0.6) is 17.4 Å². The number of H-pyrrole nitrogens is 1. The third kappa shape index (κ3) is 12.1. The molecule has 4 fully saturated rings. The fraction of sp³-hybridized carbons (Fsp3) is 0.475. The highest BCUT2D eigenvalue weighted by Gasteiger charge is 2.51. The first kappa shape index (κ1) is 56.0. The number of piperazine rings is 1. The third-order valence-corrected chi connectivity index (χ3v) is 18.3. The Hall–Kier alpha value is -6.29. The van der Waals surface area contributed by atoms with Gasteiger partial charge in [0.05, 0.1) is 36.4 Å². The normalized spacial score (nSPS) is 22.5. The van der Waals surface area contributed by atoms with Crippen molar-refractivity contribution in [3.63, 3.8) is 0 Å². The molecule has 1 unspecified atom stereocenters. The molecule has 79 heavy (non-hydrogen) atoms. The minimum Gasteiger partial charge on any atom is -0.629 e. The number of anilines is 2. The molecule has 2 aliphatic carbocycles. The Morgan fingerprint density at radius 1 is 0.962 bits per heavy atom. The molecule has 1 spiro atoms. The van der Waals surface area contributed by atoms with Gasteiger partial charge in [0.15, 0.2) is 28.9 Å². The van der Waals surface area contributed by atoms with Gasteiger partial charge in [0, 0.05) is 87.5 Å². The Balaban J connectivity index is 0.871. The number of aliphatic hydroxyl groups is 1. The van der Waals surface area contributed by atoms with E-state index in [0.717, 1.165) is 69.1 Å². The van der Waals surface area contributed by atoms with Crippen molar-refractivity contribution in [2.45, 2.75) is 127 Å². The van der Waals surface area contributed by atoms with Crippen LogP contribution < -0.4 is 29.5 Å². The second-order valence-corrected chi connectivity index (χ2v) is 24.7. The molecular formula is C59H72F3N9O7S.